The summed E-state index contributed by atoms with van der Waals surface area (Å²) < 4.78 is 10.7. The largest absolute Gasteiger partial charge is 0.493 e. The third-order valence-electron chi connectivity index (χ3n) is 5.03. The average molecular weight is 403 g/mol. The lowest BCUT2D eigenvalue weighted by molar-refractivity contribution is 0.354. The lowest BCUT2D eigenvalue weighted by atomic mass is 10.1. The van der Waals surface area contributed by atoms with Crippen molar-refractivity contribution in [3.05, 3.63) is 41.3 Å². The van der Waals surface area contributed by atoms with Crippen LogP contribution in [-0.2, 0) is 6.42 Å². The highest BCUT2D eigenvalue weighted by Gasteiger charge is 2.20. The number of benzene rings is 1. The molecule has 2 aromatic rings. The van der Waals surface area contributed by atoms with Gasteiger partial charge in [0.15, 0.2) is 17.5 Å². The maximum absolute atomic E-state index is 5.38. The summed E-state index contributed by atoms with van der Waals surface area (Å²) in [6, 6.07) is 10.8. The molecule has 1 aromatic heterocycles. The molecule has 0 amide bonds. The van der Waals surface area contributed by atoms with Gasteiger partial charge in [0.2, 0.25) is 0 Å². The molecule has 6 nitrogen and oxygen atoms in total. The Hall–Kier alpha value is -2.41. The van der Waals surface area contributed by atoms with E-state index in [-0.39, 0.29) is 0 Å². The molecule has 0 saturated carbocycles. The van der Waals surface area contributed by atoms with E-state index < -0.39 is 0 Å². The standard InChI is InChI=1S/C21H30N4O2S/c1-22-21(23-11-8-16-6-7-18(26-2)19(15-16)27-3)24-17-9-12-25(13-10-17)20-5-4-14-28-20/h4-7,14-15,17H,8-13H2,1-3H3,(H2,22,23,24). The molecular formula is C21H30N4O2S. The molecular weight excluding hydrogens is 372 g/mol. The zero-order chi connectivity index (χ0) is 19.8. The lowest BCUT2D eigenvalue weighted by Crippen LogP contribution is -2.49. The average Bonchev–Trinajstić information content (AvgIpc) is 3.28. The van der Waals surface area contributed by atoms with Gasteiger partial charge in [0, 0.05) is 32.7 Å². The summed E-state index contributed by atoms with van der Waals surface area (Å²) in [6.45, 7) is 2.98. The van der Waals surface area contributed by atoms with Gasteiger partial charge < -0.3 is 25.0 Å². The van der Waals surface area contributed by atoms with Crippen molar-refractivity contribution in [3.8, 4) is 11.5 Å². The molecule has 1 saturated heterocycles. The second kappa shape index (κ2) is 10.2. The first kappa shape index (κ1) is 20.3. The van der Waals surface area contributed by atoms with Crippen LogP contribution in [0.3, 0.4) is 0 Å². The topological polar surface area (TPSA) is 58.1 Å². The van der Waals surface area contributed by atoms with E-state index in [0.29, 0.717) is 6.04 Å². The van der Waals surface area contributed by atoms with Crippen LogP contribution in [0.1, 0.15) is 18.4 Å². The minimum Gasteiger partial charge on any atom is -0.493 e. The van der Waals surface area contributed by atoms with Crippen molar-refractivity contribution in [3.63, 3.8) is 0 Å². The molecule has 152 valence electrons. The van der Waals surface area contributed by atoms with Gasteiger partial charge in [0.25, 0.3) is 0 Å². The van der Waals surface area contributed by atoms with Crippen LogP contribution < -0.4 is 25.0 Å². The van der Waals surface area contributed by atoms with Gasteiger partial charge in [0.05, 0.1) is 19.2 Å². The number of nitrogens with one attached hydrogen (secondary N) is 2. The first-order valence-electron chi connectivity index (χ1n) is 9.70. The van der Waals surface area contributed by atoms with Crippen molar-refractivity contribution in [2.45, 2.75) is 25.3 Å². The zero-order valence-corrected chi connectivity index (χ0v) is 17.7. The fourth-order valence-corrected chi connectivity index (χ4v) is 4.23. The Balaban J connectivity index is 1.43. The molecule has 0 atom stereocenters. The maximum atomic E-state index is 5.38. The molecule has 28 heavy (non-hydrogen) atoms. The molecule has 7 heteroatoms. The summed E-state index contributed by atoms with van der Waals surface area (Å²) in [5, 5.41) is 10.5. The van der Waals surface area contributed by atoms with Crippen LogP contribution >= 0.6 is 11.3 Å². The highest BCUT2D eigenvalue weighted by atomic mass is 32.1. The minimum atomic E-state index is 0.462. The second-order valence-corrected chi connectivity index (χ2v) is 7.72. The zero-order valence-electron chi connectivity index (χ0n) is 16.9. The molecule has 2 heterocycles. The Bertz CT molecular complexity index is 756. The molecule has 0 radical (unpaired) electrons. The number of piperidine rings is 1. The van der Waals surface area contributed by atoms with E-state index in [0.717, 1.165) is 56.4 Å². The minimum absolute atomic E-state index is 0.462. The number of nitrogens with zero attached hydrogens (tertiary/aromatic N) is 2. The SMILES string of the molecule is CN=C(NCCc1ccc(OC)c(OC)c1)NC1CCN(c2cccs2)CC1. The van der Waals surface area contributed by atoms with Gasteiger partial charge in [-0.05, 0) is 54.5 Å². The number of thiophene rings is 1. The van der Waals surface area contributed by atoms with Crippen molar-refractivity contribution in [1.82, 2.24) is 10.6 Å². The number of guanidine groups is 1. The summed E-state index contributed by atoms with van der Waals surface area (Å²) in [7, 11) is 5.14. The van der Waals surface area contributed by atoms with E-state index in [4.69, 9.17) is 9.47 Å². The van der Waals surface area contributed by atoms with Gasteiger partial charge in [-0.15, -0.1) is 11.3 Å². The summed E-state index contributed by atoms with van der Waals surface area (Å²) in [4.78, 5) is 6.85. The Morgan fingerprint density at radius 2 is 1.96 bits per heavy atom. The number of rotatable bonds is 7. The summed E-state index contributed by atoms with van der Waals surface area (Å²) in [5.41, 5.74) is 1.20. The molecule has 1 aliphatic heterocycles. The smallest absolute Gasteiger partial charge is 0.191 e. The number of hydrogen-bond acceptors (Lipinski definition) is 5. The molecule has 0 unspecified atom stereocenters. The number of methoxy groups -OCH3 is 2. The Morgan fingerprint density at radius 1 is 1.18 bits per heavy atom. The van der Waals surface area contributed by atoms with Crippen molar-refractivity contribution in [1.29, 1.82) is 0 Å². The first-order valence-corrected chi connectivity index (χ1v) is 10.6. The van der Waals surface area contributed by atoms with Gasteiger partial charge in [0.1, 0.15) is 0 Å². The van der Waals surface area contributed by atoms with E-state index >= 15 is 0 Å². The Kier molecular flexibility index (Phi) is 7.42. The molecule has 0 spiro atoms. The van der Waals surface area contributed by atoms with Crippen LogP contribution in [0.15, 0.2) is 40.7 Å². The molecule has 1 fully saturated rings. The van der Waals surface area contributed by atoms with Crippen LogP contribution in [0.5, 0.6) is 11.5 Å². The monoisotopic (exact) mass is 402 g/mol. The van der Waals surface area contributed by atoms with E-state index in [1.54, 1.807) is 14.2 Å². The van der Waals surface area contributed by atoms with Crippen molar-refractivity contribution in [2.24, 2.45) is 4.99 Å². The summed E-state index contributed by atoms with van der Waals surface area (Å²) in [5.74, 6) is 2.39. The Morgan fingerprint density at radius 3 is 2.61 bits per heavy atom. The first-order chi connectivity index (χ1) is 13.7. The van der Waals surface area contributed by atoms with E-state index in [9.17, 15) is 0 Å². The molecule has 0 bridgehead atoms. The van der Waals surface area contributed by atoms with Gasteiger partial charge in [-0.2, -0.15) is 0 Å². The van der Waals surface area contributed by atoms with Gasteiger partial charge >= 0.3 is 0 Å². The van der Waals surface area contributed by atoms with Gasteiger partial charge in [-0.1, -0.05) is 6.07 Å². The third-order valence-corrected chi connectivity index (χ3v) is 5.96. The molecule has 0 aliphatic carbocycles. The normalized spacial score (nSPS) is 15.4. The van der Waals surface area contributed by atoms with Crippen LogP contribution in [0.4, 0.5) is 5.00 Å². The van der Waals surface area contributed by atoms with Crippen LogP contribution in [0, 0.1) is 0 Å². The van der Waals surface area contributed by atoms with Crippen LogP contribution in [0.25, 0.3) is 0 Å². The molecule has 1 aliphatic rings. The van der Waals surface area contributed by atoms with E-state index in [2.05, 4.69) is 44.1 Å². The van der Waals surface area contributed by atoms with E-state index in [1.165, 1.54) is 10.6 Å². The Labute approximate surface area is 171 Å². The molecule has 1 aromatic carbocycles. The fraction of sp³-hybridized carbons (Fsp3) is 0.476. The molecule has 3 rings (SSSR count). The van der Waals surface area contributed by atoms with E-state index in [1.807, 2.05) is 30.5 Å². The summed E-state index contributed by atoms with van der Waals surface area (Å²) >= 11 is 1.82. The predicted octanol–water partition coefficient (Wildman–Crippen LogP) is 3.14. The van der Waals surface area contributed by atoms with Crippen molar-refractivity contribution >= 4 is 22.3 Å². The van der Waals surface area contributed by atoms with Crippen LogP contribution in [0.2, 0.25) is 0 Å². The van der Waals surface area contributed by atoms with Crippen LogP contribution in [-0.4, -0.2) is 52.9 Å². The predicted molar refractivity (Wildman–Crippen MR) is 117 cm³/mol. The quantitative estimate of drug-likeness (QED) is 0.550. The highest BCUT2D eigenvalue weighted by molar-refractivity contribution is 7.14. The highest BCUT2D eigenvalue weighted by Crippen LogP contribution is 2.27. The number of anilines is 1. The van der Waals surface area contributed by atoms with Gasteiger partial charge in [-0.25, -0.2) is 0 Å². The lowest BCUT2D eigenvalue weighted by Gasteiger charge is -2.33. The summed E-state index contributed by atoms with van der Waals surface area (Å²) in [6.07, 6.45) is 3.13. The molecule has 2 N–H and O–H groups in total. The second-order valence-electron chi connectivity index (χ2n) is 6.80. The van der Waals surface area contributed by atoms with Crippen molar-refractivity contribution in [2.75, 3.05) is 45.8 Å². The third kappa shape index (κ3) is 5.32. The number of ether oxygens (including phenoxy) is 2. The fourth-order valence-electron chi connectivity index (χ4n) is 3.44. The van der Waals surface area contributed by atoms with Gasteiger partial charge in [-0.3, -0.25) is 4.99 Å². The maximum Gasteiger partial charge on any atom is 0.191 e. The number of hydrogen-bond donors (Lipinski definition) is 2. The number of aliphatic imine (C=N–C) groups is 1. The van der Waals surface area contributed by atoms with Crippen molar-refractivity contribution < 1.29 is 9.47 Å².